The molecular weight excluding hydrogens is 807 g/mol. The van der Waals surface area contributed by atoms with Gasteiger partial charge in [0.25, 0.3) is 0 Å². The van der Waals surface area contributed by atoms with Crippen molar-refractivity contribution in [3.63, 3.8) is 0 Å². The lowest BCUT2D eigenvalue weighted by atomic mass is 10.0. The van der Waals surface area contributed by atoms with Crippen molar-refractivity contribution >= 4 is 5.91 Å². The lowest BCUT2D eigenvalue weighted by Gasteiger charge is -2.22. The van der Waals surface area contributed by atoms with Crippen LogP contribution in [0.1, 0.15) is 258 Å². The summed E-state index contributed by atoms with van der Waals surface area (Å²) in [5.74, 6) is -0.0452. The third kappa shape index (κ3) is 52.0. The molecule has 2 atom stereocenters. The maximum absolute atomic E-state index is 12.5. The van der Waals surface area contributed by atoms with Gasteiger partial charge < -0.3 is 15.5 Å². The van der Waals surface area contributed by atoms with E-state index in [1.54, 1.807) is 0 Å². The number of carbonyl (C=O) groups excluding carboxylic acids is 1. The van der Waals surface area contributed by atoms with Gasteiger partial charge in [0.1, 0.15) is 0 Å². The first-order chi connectivity index (χ1) is 32.7. The van der Waals surface area contributed by atoms with Crippen molar-refractivity contribution in [2.24, 2.45) is 0 Å². The number of aliphatic hydroxyl groups is 2. The molecule has 0 fully saturated rings. The fourth-order valence-corrected chi connectivity index (χ4v) is 8.06. The molecule has 0 spiro atoms. The lowest BCUT2D eigenvalue weighted by molar-refractivity contribution is -0.123. The van der Waals surface area contributed by atoms with Gasteiger partial charge >= 0.3 is 0 Å². The van der Waals surface area contributed by atoms with Crippen molar-refractivity contribution < 1.29 is 15.0 Å². The van der Waals surface area contributed by atoms with Crippen LogP contribution in [0.2, 0.25) is 0 Å². The van der Waals surface area contributed by atoms with Gasteiger partial charge in [-0.2, -0.15) is 0 Å². The van der Waals surface area contributed by atoms with Crippen molar-refractivity contribution in [2.75, 3.05) is 6.61 Å². The third-order valence-corrected chi connectivity index (χ3v) is 12.3. The molecule has 0 aromatic heterocycles. The van der Waals surface area contributed by atoms with Gasteiger partial charge in [-0.05, 0) is 83.5 Å². The van der Waals surface area contributed by atoms with Crippen molar-refractivity contribution in [3.8, 4) is 0 Å². The highest BCUT2D eigenvalue weighted by atomic mass is 16.3. The number of unbranched alkanes of at least 4 members (excludes halogenated alkanes) is 25. The molecule has 0 heterocycles. The van der Waals surface area contributed by atoms with Crippen LogP contribution in [0.15, 0.2) is 109 Å². The van der Waals surface area contributed by atoms with E-state index >= 15 is 0 Å². The Morgan fingerprint density at radius 2 is 0.667 bits per heavy atom. The van der Waals surface area contributed by atoms with Gasteiger partial charge in [-0.1, -0.05) is 277 Å². The molecule has 0 saturated carbocycles. The predicted molar refractivity (Wildman–Crippen MR) is 294 cm³/mol. The Kier molecular flexibility index (Phi) is 53.9. The minimum Gasteiger partial charge on any atom is -0.394 e. The van der Waals surface area contributed by atoms with E-state index in [0.29, 0.717) is 12.8 Å². The van der Waals surface area contributed by atoms with E-state index in [0.717, 1.165) is 96.3 Å². The van der Waals surface area contributed by atoms with E-state index in [4.69, 9.17) is 0 Å². The second-order valence-electron chi connectivity index (χ2n) is 18.6. The second kappa shape index (κ2) is 56.4. The molecule has 66 heavy (non-hydrogen) atoms. The number of nitrogens with one attached hydrogen (secondary N) is 1. The second-order valence-corrected chi connectivity index (χ2v) is 18.6. The number of hydrogen-bond donors (Lipinski definition) is 3. The van der Waals surface area contributed by atoms with Crippen molar-refractivity contribution in [3.05, 3.63) is 109 Å². The number of amides is 1. The first-order valence-electron chi connectivity index (χ1n) is 28.1. The largest absolute Gasteiger partial charge is 0.394 e. The van der Waals surface area contributed by atoms with Gasteiger partial charge in [-0.15, -0.1) is 0 Å². The van der Waals surface area contributed by atoms with Crippen LogP contribution in [0.3, 0.4) is 0 Å². The molecule has 0 radical (unpaired) electrons. The molecule has 0 rings (SSSR count). The van der Waals surface area contributed by atoms with Gasteiger partial charge in [-0.3, -0.25) is 4.79 Å². The Morgan fingerprint density at radius 3 is 1.00 bits per heavy atom. The molecule has 2 unspecified atom stereocenters. The van der Waals surface area contributed by atoms with E-state index in [1.165, 1.54) is 135 Å². The molecule has 0 aliphatic carbocycles. The van der Waals surface area contributed by atoms with Gasteiger partial charge in [0.05, 0.1) is 18.8 Å². The Balaban J connectivity index is 3.60. The van der Waals surface area contributed by atoms with Crippen LogP contribution in [0.25, 0.3) is 0 Å². The van der Waals surface area contributed by atoms with Crippen LogP contribution < -0.4 is 5.32 Å². The minimum absolute atomic E-state index is 0.0452. The van der Waals surface area contributed by atoms with Crippen LogP contribution in [-0.2, 0) is 4.79 Å². The van der Waals surface area contributed by atoms with E-state index in [-0.39, 0.29) is 12.5 Å². The first-order valence-corrected chi connectivity index (χ1v) is 28.1. The zero-order valence-corrected chi connectivity index (χ0v) is 43.4. The average Bonchev–Trinajstić information content (AvgIpc) is 3.32. The standard InChI is InChI=1S/C62H107NO3/c1-3-5-7-9-11-13-15-17-19-21-23-24-25-26-27-28-29-30-31-32-33-34-35-36-37-38-40-42-44-46-48-50-52-54-56-58-62(66)63-60(59-64)61(65)57-55-53-51-49-47-45-43-41-39-22-20-18-16-14-12-10-8-6-4-2/h5,7,11,13,17,19,23-24,26-27,29-30,32-33,35-36,38,40,60-61,64-65H,3-4,6,8-10,12,14-16,18,20-22,25,28,31,34,37,39,41-59H2,1-2H3,(H,63,66)/b7-5-,13-11-,19-17-,24-23-,27-26-,30-29-,33-32-,36-35-,40-38-. The van der Waals surface area contributed by atoms with E-state index in [1.807, 2.05) is 0 Å². The van der Waals surface area contributed by atoms with Gasteiger partial charge in [0, 0.05) is 6.42 Å². The highest BCUT2D eigenvalue weighted by Gasteiger charge is 2.20. The number of allylic oxidation sites excluding steroid dienone is 18. The summed E-state index contributed by atoms with van der Waals surface area (Å²) in [7, 11) is 0. The van der Waals surface area contributed by atoms with Crippen LogP contribution in [-0.4, -0.2) is 34.9 Å². The maximum Gasteiger partial charge on any atom is 0.220 e. The molecule has 0 aliphatic heterocycles. The lowest BCUT2D eigenvalue weighted by Crippen LogP contribution is -2.45. The minimum atomic E-state index is -0.672. The summed E-state index contributed by atoms with van der Waals surface area (Å²) in [6, 6.07) is -0.551. The monoisotopic (exact) mass is 914 g/mol. The Hall–Kier alpha value is -2.95. The first kappa shape index (κ1) is 63.0. The van der Waals surface area contributed by atoms with Crippen LogP contribution in [0, 0.1) is 0 Å². The van der Waals surface area contributed by atoms with Crippen molar-refractivity contribution in [1.82, 2.24) is 5.32 Å². The van der Waals surface area contributed by atoms with Gasteiger partial charge in [-0.25, -0.2) is 0 Å². The van der Waals surface area contributed by atoms with E-state index in [2.05, 4.69) is 129 Å². The van der Waals surface area contributed by atoms with E-state index in [9.17, 15) is 15.0 Å². The smallest absolute Gasteiger partial charge is 0.220 e. The van der Waals surface area contributed by atoms with Gasteiger partial charge in [0.2, 0.25) is 5.91 Å². The number of hydrogen-bond acceptors (Lipinski definition) is 3. The number of rotatable bonds is 50. The maximum atomic E-state index is 12.5. The normalized spacial score (nSPS) is 13.7. The molecule has 0 aromatic rings. The Bertz CT molecular complexity index is 1270. The molecular formula is C62H107NO3. The SMILES string of the molecule is CC/C=C\C/C=C\C/C=C\C/C=C\C/C=C\C/C=C\C/C=C\C/C=C\C/C=C\CCCCCCCCCC(=O)NC(CO)C(O)CCCCCCCCCCCCCCCCCCCCC. The summed E-state index contributed by atoms with van der Waals surface area (Å²) in [6.07, 6.45) is 84.9. The topological polar surface area (TPSA) is 69.6 Å². The summed E-state index contributed by atoms with van der Waals surface area (Å²) < 4.78 is 0. The van der Waals surface area contributed by atoms with Crippen molar-refractivity contribution in [2.45, 2.75) is 270 Å². The Morgan fingerprint density at radius 1 is 0.379 bits per heavy atom. The van der Waals surface area contributed by atoms with Crippen LogP contribution in [0.5, 0.6) is 0 Å². The summed E-state index contributed by atoms with van der Waals surface area (Å²) in [5.41, 5.74) is 0. The molecule has 0 aromatic carbocycles. The molecule has 4 nitrogen and oxygen atoms in total. The third-order valence-electron chi connectivity index (χ3n) is 12.3. The fraction of sp³-hybridized carbons (Fsp3) is 0.694. The molecule has 378 valence electrons. The summed E-state index contributed by atoms with van der Waals surface area (Å²) in [4.78, 5) is 12.5. The number of aliphatic hydroxyl groups excluding tert-OH is 2. The molecule has 0 saturated heterocycles. The molecule has 4 heteroatoms. The summed E-state index contributed by atoms with van der Waals surface area (Å²) in [6.45, 7) is 4.25. The van der Waals surface area contributed by atoms with Gasteiger partial charge in [0.15, 0.2) is 0 Å². The summed E-state index contributed by atoms with van der Waals surface area (Å²) in [5, 5.41) is 23.3. The average molecular weight is 915 g/mol. The van der Waals surface area contributed by atoms with Crippen molar-refractivity contribution in [1.29, 1.82) is 0 Å². The number of carbonyl (C=O) groups is 1. The predicted octanol–water partition coefficient (Wildman–Crippen LogP) is 18.7. The highest BCUT2D eigenvalue weighted by molar-refractivity contribution is 5.76. The van der Waals surface area contributed by atoms with Crippen LogP contribution in [0.4, 0.5) is 0 Å². The highest BCUT2D eigenvalue weighted by Crippen LogP contribution is 2.16. The molecule has 0 bridgehead atoms. The zero-order chi connectivity index (χ0) is 47.7. The fourth-order valence-electron chi connectivity index (χ4n) is 8.06. The van der Waals surface area contributed by atoms with Crippen LogP contribution >= 0.6 is 0 Å². The van der Waals surface area contributed by atoms with E-state index < -0.39 is 12.1 Å². The molecule has 1 amide bonds. The quantitative estimate of drug-likeness (QED) is 0.0421. The zero-order valence-electron chi connectivity index (χ0n) is 43.4. The molecule has 0 aliphatic rings. The molecule has 3 N–H and O–H groups in total. The summed E-state index contributed by atoms with van der Waals surface area (Å²) >= 11 is 0. The Labute approximate surface area is 410 Å².